The Bertz CT molecular complexity index is 975. The summed E-state index contributed by atoms with van der Waals surface area (Å²) in [6, 6.07) is 13.7. The number of benzene rings is 2. The van der Waals surface area contributed by atoms with Crippen LogP contribution in [0.3, 0.4) is 0 Å². The van der Waals surface area contributed by atoms with Crippen LogP contribution in [0, 0.1) is 0 Å². The smallest absolute Gasteiger partial charge is 0.303 e. The van der Waals surface area contributed by atoms with E-state index in [9.17, 15) is 19.2 Å². The molecule has 0 radical (unpaired) electrons. The lowest BCUT2D eigenvalue weighted by Gasteiger charge is -2.15. The number of carboxylic acid groups (broad SMARTS) is 1. The van der Waals surface area contributed by atoms with Crippen molar-refractivity contribution in [1.82, 2.24) is 0 Å². The average Bonchev–Trinajstić information content (AvgIpc) is 3.02. The molecule has 0 spiro atoms. The molecule has 1 heterocycles. The largest absolute Gasteiger partial charge is 0.494 e. The molecule has 1 saturated heterocycles. The molecule has 1 aliphatic rings. The Labute approximate surface area is 183 Å². The highest BCUT2D eigenvalue weighted by atomic mass is 32.2. The average molecular weight is 442 g/mol. The maximum absolute atomic E-state index is 12.8. The minimum Gasteiger partial charge on any atom is -0.494 e. The number of hydrogen-bond acceptors (Lipinski definition) is 6. The molecule has 31 heavy (non-hydrogen) atoms. The Balaban J connectivity index is 1.60. The first-order valence-corrected chi connectivity index (χ1v) is 10.6. The highest BCUT2D eigenvalue weighted by Gasteiger charge is 2.40. The summed E-state index contributed by atoms with van der Waals surface area (Å²) >= 11 is 1.29. The van der Waals surface area contributed by atoms with Crippen molar-refractivity contribution in [3.63, 3.8) is 0 Å². The molecule has 0 saturated carbocycles. The molecule has 2 aromatic rings. The van der Waals surface area contributed by atoms with Gasteiger partial charge in [-0.1, -0.05) is 0 Å². The number of nitrogens with one attached hydrogen (secondary N) is 1. The predicted octanol–water partition coefficient (Wildman–Crippen LogP) is 3.31. The molecular weight excluding hydrogens is 420 g/mol. The number of carbonyl (C=O) groups is 4. The molecule has 2 N–H and O–H groups in total. The lowest BCUT2D eigenvalue weighted by Crippen LogP contribution is -2.31. The minimum absolute atomic E-state index is 0.102. The number of hydrogen-bond donors (Lipinski definition) is 2. The summed E-state index contributed by atoms with van der Waals surface area (Å²) < 4.78 is 5.39. The van der Waals surface area contributed by atoms with Gasteiger partial charge in [0, 0.05) is 23.4 Å². The lowest BCUT2D eigenvalue weighted by molar-refractivity contribution is -0.138. The van der Waals surface area contributed by atoms with Crippen molar-refractivity contribution in [2.45, 2.75) is 36.3 Å². The molecule has 8 nitrogen and oxygen atoms in total. The highest BCUT2D eigenvalue weighted by molar-refractivity contribution is 8.00. The number of nitrogens with zero attached hydrogens (tertiary/aromatic N) is 1. The van der Waals surface area contributed by atoms with Gasteiger partial charge in [-0.25, -0.2) is 4.90 Å². The molecule has 1 fully saturated rings. The molecular formula is C22H22N2O6S. The Morgan fingerprint density at radius 2 is 1.77 bits per heavy atom. The lowest BCUT2D eigenvalue weighted by atomic mass is 10.2. The molecule has 0 aliphatic carbocycles. The second-order valence-electron chi connectivity index (χ2n) is 6.77. The Morgan fingerprint density at radius 1 is 1.10 bits per heavy atom. The second kappa shape index (κ2) is 10.1. The van der Waals surface area contributed by atoms with Gasteiger partial charge in [-0.15, -0.1) is 11.8 Å². The molecule has 0 bridgehead atoms. The summed E-state index contributed by atoms with van der Waals surface area (Å²) in [5.74, 6) is -1.27. The SMILES string of the molecule is CCOc1ccc(N2C(=O)C[C@H](Sc3ccc(NC(=O)CCC(=O)O)cc3)C2=O)cc1. The van der Waals surface area contributed by atoms with Gasteiger partial charge in [0.15, 0.2) is 0 Å². The summed E-state index contributed by atoms with van der Waals surface area (Å²) in [6.45, 7) is 2.41. The molecule has 9 heteroatoms. The monoisotopic (exact) mass is 442 g/mol. The third-order valence-corrected chi connectivity index (χ3v) is 5.69. The normalized spacial score (nSPS) is 15.8. The summed E-state index contributed by atoms with van der Waals surface area (Å²) in [5.41, 5.74) is 1.05. The van der Waals surface area contributed by atoms with Crippen LogP contribution < -0.4 is 15.0 Å². The van der Waals surface area contributed by atoms with E-state index in [0.717, 1.165) is 4.90 Å². The Morgan fingerprint density at radius 3 is 2.39 bits per heavy atom. The number of carbonyl (C=O) groups excluding carboxylic acids is 3. The number of thioether (sulfide) groups is 1. The van der Waals surface area contributed by atoms with Gasteiger partial charge in [-0.3, -0.25) is 19.2 Å². The van der Waals surface area contributed by atoms with Gasteiger partial charge in [0.2, 0.25) is 17.7 Å². The van der Waals surface area contributed by atoms with E-state index in [0.29, 0.717) is 23.7 Å². The van der Waals surface area contributed by atoms with E-state index < -0.39 is 11.2 Å². The van der Waals surface area contributed by atoms with Crippen molar-refractivity contribution < 1.29 is 29.0 Å². The van der Waals surface area contributed by atoms with Gasteiger partial charge in [-0.05, 0) is 55.5 Å². The van der Waals surface area contributed by atoms with Crippen LogP contribution in [0.25, 0.3) is 0 Å². The molecule has 0 unspecified atom stereocenters. The Kier molecular flexibility index (Phi) is 7.30. The van der Waals surface area contributed by atoms with E-state index in [1.165, 1.54) is 16.7 Å². The van der Waals surface area contributed by atoms with Crippen LogP contribution in [0.2, 0.25) is 0 Å². The minimum atomic E-state index is -1.03. The quantitative estimate of drug-likeness (QED) is 0.573. The fraction of sp³-hybridized carbons (Fsp3) is 0.273. The van der Waals surface area contributed by atoms with Crippen molar-refractivity contribution in [1.29, 1.82) is 0 Å². The number of ether oxygens (including phenoxy) is 1. The predicted molar refractivity (Wildman–Crippen MR) is 116 cm³/mol. The molecule has 2 aromatic carbocycles. The van der Waals surface area contributed by atoms with Crippen LogP contribution in [0.5, 0.6) is 5.75 Å². The van der Waals surface area contributed by atoms with Crippen molar-refractivity contribution in [2.75, 3.05) is 16.8 Å². The van der Waals surface area contributed by atoms with Gasteiger partial charge < -0.3 is 15.2 Å². The van der Waals surface area contributed by atoms with Crippen LogP contribution in [0.1, 0.15) is 26.2 Å². The molecule has 0 aromatic heterocycles. The van der Waals surface area contributed by atoms with Gasteiger partial charge in [-0.2, -0.15) is 0 Å². The standard InChI is InChI=1S/C22H22N2O6S/c1-2-30-16-7-5-15(6-8-16)24-20(26)13-18(22(24)29)31-17-9-3-14(4-10-17)23-19(25)11-12-21(27)28/h3-10,18H,2,11-13H2,1H3,(H,23,25)(H,27,28)/t18-/m0/s1. The second-order valence-corrected chi connectivity index (χ2v) is 8.05. The molecule has 3 amide bonds. The number of rotatable bonds is 9. The first-order valence-electron chi connectivity index (χ1n) is 9.75. The number of anilines is 2. The number of imide groups is 1. The van der Waals surface area contributed by atoms with E-state index in [1.54, 1.807) is 48.5 Å². The fourth-order valence-corrected chi connectivity index (χ4v) is 4.10. The van der Waals surface area contributed by atoms with Crippen molar-refractivity contribution >= 4 is 46.8 Å². The van der Waals surface area contributed by atoms with Crippen molar-refractivity contribution in [2.24, 2.45) is 0 Å². The maximum Gasteiger partial charge on any atom is 0.303 e. The van der Waals surface area contributed by atoms with E-state index in [1.807, 2.05) is 6.92 Å². The van der Waals surface area contributed by atoms with Crippen LogP contribution in [0.4, 0.5) is 11.4 Å². The number of aliphatic carboxylic acids is 1. The third kappa shape index (κ3) is 5.85. The molecule has 1 atom stereocenters. The van der Waals surface area contributed by atoms with Crippen LogP contribution in [-0.2, 0) is 19.2 Å². The highest BCUT2D eigenvalue weighted by Crippen LogP contribution is 2.34. The summed E-state index contributed by atoms with van der Waals surface area (Å²) in [5, 5.41) is 10.7. The zero-order valence-corrected chi connectivity index (χ0v) is 17.7. The van der Waals surface area contributed by atoms with E-state index >= 15 is 0 Å². The molecule has 162 valence electrons. The van der Waals surface area contributed by atoms with E-state index in [4.69, 9.17) is 9.84 Å². The van der Waals surface area contributed by atoms with Gasteiger partial charge >= 0.3 is 5.97 Å². The fourth-order valence-electron chi connectivity index (χ4n) is 3.05. The van der Waals surface area contributed by atoms with Gasteiger partial charge in [0.1, 0.15) is 5.75 Å². The Hall–Kier alpha value is -3.33. The van der Waals surface area contributed by atoms with Crippen molar-refractivity contribution in [3.8, 4) is 5.75 Å². The summed E-state index contributed by atoms with van der Waals surface area (Å²) in [4.78, 5) is 49.5. The first kappa shape index (κ1) is 22.4. The van der Waals surface area contributed by atoms with E-state index in [-0.39, 0.29) is 37.0 Å². The maximum atomic E-state index is 12.8. The molecule has 3 rings (SSSR count). The van der Waals surface area contributed by atoms with Crippen LogP contribution in [0.15, 0.2) is 53.4 Å². The van der Waals surface area contributed by atoms with E-state index in [2.05, 4.69) is 5.32 Å². The van der Waals surface area contributed by atoms with Crippen LogP contribution in [-0.4, -0.2) is 40.7 Å². The van der Waals surface area contributed by atoms with Gasteiger partial charge in [0.25, 0.3) is 0 Å². The van der Waals surface area contributed by atoms with Crippen molar-refractivity contribution in [3.05, 3.63) is 48.5 Å². The first-order chi connectivity index (χ1) is 14.9. The zero-order chi connectivity index (χ0) is 22.4. The number of amides is 3. The summed E-state index contributed by atoms with van der Waals surface area (Å²) in [7, 11) is 0. The molecule has 1 aliphatic heterocycles. The third-order valence-electron chi connectivity index (χ3n) is 4.49. The topological polar surface area (TPSA) is 113 Å². The summed E-state index contributed by atoms with van der Waals surface area (Å²) in [6.07, 6.45) is -0.237. The van der Waals surface area contributed by atoms with Crippen LogP contribution >= 0.6 is 11.8 Å². The zero-order valence-electron chi connectivity index (χ0n) is 16.9. The van der Waals surface area contributed by atoms with Gasteiger partial charge in [0.05, 0.1) is 24.0 Å². The number of carboxylic acids is 1.